The minimum atomic E-state index is -0.685. The number of aliphatic hydroxyl groups is 1. The van der Waals surface area contributed by atoms with E-state index in [2.05, 4.69) is 20.4 Å². The molecule has 126 valence electrons. The number of aromatic nitrogens is 4. The van der Waals surface area contributed by atoms with E-state index in [1.165, 1.54) is 0 Å². The Bertz CT molecular complexity index is 857. The van der Waals surface area contributed by atoms with Gasteiger partial charge in [-0.1, -0.05) is 6.07 Å². The molecule has 0 aliphatic rings. The molecular formula is C17H21N5O2. The van der Waals surface area contributed by atoms with Crippen molar-refractivity contribution in [2.75, 3.05) is 12.4 Å². The Hall–Kier alpha value is -2.51. The fraction of sp³-hybridized carbons (Fsp3) is 0.353. The van der Waals surface area contributed by atoms with E-state index < -0.39 is 11.8 Å². The lowest BCUT2D eigenvalue weighted by atomic mass is 10.0. The van der Waals surface area contributed by atoms with E-state index in [9.17, 15) is 5.11 Å². The molecule has 0 aliphatic carbocycles. The Morgan fingerprint density at radius 1 is 1.29 bits per heavy atom. The lowest BCUT2D eigenvalue weighted by Gasteiger charge is -2.22. The number of ether oxygens (including phenoxy) is 1. The van der Waals surface area contributed by atoms with Gasteiger partial charge >= 0.3 is 0 Å². The van der Waals surface area contributed by atoms with E-state index in [4.69, 9.17) is 4.74 Å². The Labute approximate surface area is 140 Å². The zero-order valence-electron chi connectivity index (χ0n) is 14.2. The molecule has 0 aliphatic heterocycles. The molecule has 1 atom stereocenters. The highest BCUT2D eigenvalue weighted by atomic mass is 16.5. The minimum Gasteiger partial charge on any atom is -0.374 e. The van der Waals surface area contributed by atoms with Gasteiger partial charge in [-0.25, -0.2) is 14.6 Å². The largest absolute Gasteiger partial charge is 0.374 e. The SMILES string of the molecule is COC(C)(C)c1cccc(-n2ncc3cnc(NC(C)O)cc32)n1. The summed E-state index contributed by atoms with van der Waals surface area (Å²) in [4.78, 5) is 8.94. The number of hydrogen-bond acceptors (Lipinski definition) is 6. The lowest BCUT2D eigenvalue weighted by molar-refractivity contribution is 0.0155. The van der Waals surface area contributed by atoms with E-state index in [1.807, 2.05) is 38.1 Å². The summed E-state index contributed by atoms with van der Waals surface area (Å²) in [6, 6.07) is 7.59. The molecule has 7 nitrogen and oxygen atoms in total. The molecule has 3 aromatic rings. The molecule has 0 bridgehead atoms. The fourth-order valence-electron chi connectivity index (χ4n) is 2.38. The number of rotatable bonds is 5. The summed E-state index contributed by atoms with van der Waals surface area (Å²) in [5, 5.41) is 17.7. The molecule has 0 aromatic carbocycles. The first-order valence-electron chi connectivity index (χ1n) is 7.72. The molecule has 2 N–H and O–H groups in total. The van der Waals surface area contributed by atoms with E-state index in [0.717, 1.165) is 16.6 Å². The van der Waals surface area contributed by atoms with Crippen LogP contribution in [0.25, 0.3) is 16.7 Å². The van der Waals surface area contributed by atoms with E-state index in [0.29, 0.717) is 11.6 Å². The van der Waals surface area contributed by atoms with E-state index in [1.54, 1.807) is 31.1 Å². The van der Waals surface area contributed by atoms with Crippen LogP contribution in [-0.4, -0.2) is 38.2 Å². The summed E-state index contributed by atoms with van der Waals surface area (Å²) in [6.45, 7) is 5.57. The highest BCUT2D eigenvalue weighted by Gasteiger charge is 2.22. The maximum absolute atomic E-state index is 9.47. The van der Waals surface area contributed by atoms with Crippen LogP contribution in [0.5, 0.6) is 0 Å². The lowest BCUT2D eigenvalue weighted by Crippen LogP contribution is -2.21. The number of nitrogens with zero attached hydrogens (tertiary/aromatic N) is 4. The molecule has 3 aromatic heterocycles. The van der Waals surface area contributed by atoms with Gasteiger partial charge in [0.2, 0.25) is 0 Å². The molecule has 7 heteroatoms. The van der Waals surface area contributed by atoms with Gasteiger partial charge in [0.1, 0.15) is 17.6 Å². The van der Waals surface area contributed by atoms with Gasteiger partial charge in [0.25, 0.3) is 0 Å². The fourth-order valence-corrected chi connectivity index (χ4v) is 2.38. The Kier molecular flexibility index (Phi) is 4.21. The van der Waals surface area contributed by atoms with Gasteiger partial charge in [-0.05, 0) is 32.9 Å². The van der Waals surface area contributed by atoms with Gasteiger partial charge in [-0.3, -0.25) is 0 Å². The maximum atomic E-state index is 9.47. The van der Waals surface area contributed by atoms with Crippen LogP contribution in [0.2, 0.25) is 0 Å². The highest BCUT2D eigenvalue weighted by Crippen LogP contribution is 2.24. The summed E-state index contributed by atoms with van der Waals surface area (Å²) in [6.07, 6.45) is 2.77. The first-order chi connectivity index (χ1) is 11.4. The van der Waals surface area contributed by atoms with Crippen molar-refractivity contribution in [1.82, 2.24) is 19.7 Å². The third-order valence-electron chi connectivity index (χ3n) is 3.89. The average Bonchev–Trinajstić information content (AvgIpc) is 2.97. The number of fused-ring (bicyclic) bond motifs is 1. The number of nitrogens with one attached hydrogen (secondary N) is 1. The van der Waals surface area contributed by atoms with Crippen LogP contribution < -0.4 is 5.32 Å². The van der Waals surface area contributed by atoms with Gasteiger partial charge in [0.05, 0.1) is 17.4 Å². The molecule has 0 spiro atoms. The number of anilines is 1. The van der Waals surface area contributed by atoms with Gasteiger partial charge in [-0.2, -0.15) is 5.10 Å². The average molecular weight is 327 g/mol. The smallest absolute Gasteiger partial charge is 0.154 e. The summed E-state index contributed by atoms with van der Waals surface area (Å²) in [5.41, 5.74) is 1.19. The van der Waals surface area contributed by atoms with Crippen LogP contribution in [0, 0.1) is 0 Å². The topological polar surface area (TPSA) is 85.1 Å². The monoisotopic (exact) mass is 327 g/mol. The van der Waals surface area contributed by atoms with Crippen LogP contribution in [0.3, 0.4) is 0 Å². The van der Waals surface area contributed by atoms with Crippen LogP contribution in [0.1, 0.15) is 26.5 Å². The zero-order chi connectivity index (χ0) is 17.3. The molecule has 1 unspecified atom stereocenters. The van der Waals surface area contributed by atoms with Crippen LogP contribution in [-0.2, 0) is 10.3 Å². The first-order valence-corrected chi connectivity index (χ1v) is 7.72. The Morgan fingerprint density at radius 2 is 2.08 bits per heavy atom. The third-order valence-corrected chi connectivity index (χ3v) is 3.89. The summed E-state index contributed by atoms with van der Waals surface area (Å²) in [7, 11) is 1.66. The molecule has 3 rings (SSSR count). The van der Waals surface area contributed by atoms with Crippen molar-refractivity contribution in [3.63, 3.8) is 0 Å². The zero-order valence-corrected chi connectivity index (χ0v) is 14.2. The van der Waals surface area contributed by atoms with Crippen molar-refractivity contribution in [3.05, 3.63) is 42.4 Å². The third kappa shape index (κ3) is 3.08. The number of aliphatic hydroxyl groups excluding tert-OH is 1. The molecule has 0 fully saturated rings. The summed E-state index contributed by atoms with van der Waals surface area (Å²) in [5.74, 6) is 1.27. The highest BCUT2D eigenvalue weighted by molar-refractivity contribution is 5.81. The van der Waals surface area contributed by atoms with Crippen molar-refractivity contribution in [2.24, 2.45) is 0 Å². The summed E-state index contributed by atoms with van der Waals surface area (Å²) < 4.78 is 7.26. The standard InChI is InChI=1S/C17H21N5O2/c1-11(23)20-15-8-13-12(9-18-15)10-19-22(13)16-7-5-6-14(21-16)17(2,3)24-4/h5-11,23H,1-4H3,(H,18,20). The van der Waals surface area contributed by atoms with Gasteiger partial charge in [0, 0.05) is 24.8 Å². The number of pyridine rings is 2. The Balaban J connectivity index is 2.08. The molecule has 24 heavy (non-hydrogen) atoms. The minimum absolute atomic E-state index is 0.487. The first kappa shape index (κ1) is 16.4. The van der Waals surface area contributed by atoms with Crippen molar-refractivity contribution < 1.29 is 9.84 Å². The second-order valence-corrected chi connectivity index (χ2v) is 6.10. The van der Waals surface area contributed by atoms with Crippen molar-refractivity contribution in [1.29, 1.82) is 0 Å². The van der Waals surface area contributed by atoms with E-state index >= 15 is 0 Å². The number of methoxy groups -OCH3 is 1. The predicted octanol–water partition coefficient (Wildman–Crippen LogP) is 2.45. The molecule has 0 saturated carbocycles. The van der Waals surface area contributed by atoms with E-state index in [-0.39, 0.29) is 0 Å². The van der Waals surface area contributed by atoms with Gasteiger partial charge in [0.15, 0.2) is 5.82 Å². The number of hydrogen-bond donors (Lipinski definition) is 2. The normalized spacial score (nSPS) is 13.2. The molecule has 3 heterocycles. The molecular weight excluding hydrogens is 306 g/mol. The molecule has 0 saturated heterocycles. The molecule has 0 radical (unpaired) electrons. The van der Waals surface area contributed by atoms with Crippen LogP contribution >= 0.6 is 0 Å². The second kappa shape index (κ2) is 6.18. The van der Waals surface area contributed by atoms with Crippen LogP contribution in [0.4, 0.5) is 5.82 Å². The maximum Gasteiger partial charge on any atom is 0.154 e. The van der Waals surface area contributed by atoms with Crippen LogP contribution in [0.15, 0.2) is 36.7 Å². The van der Waals surface area contributed by atoms with Crippen molar-refractivity contribution in [3.8, 4) is 5.82 Å². The van der Waals surface area contributed by atoms with Gasteiger partial charge < -0.3 is 15.2 Å². The quantitative estimate of drug-likeness (QED) is 0.700. The van der Waals surface area contributed by atoms with Crippen molar-refractivity contribution >= 4 is 16.7 Å². The summed E-state index contributed by atoms with van der Waals surface area (Å²) >= 11 is 0. The van der Waals surface area contributed by atoms with Crippen molar-refractivity contribution in [2.45, 2.75) is 32.6 Å². The van der Waals surface area contributed by atoms with Gasteiger partial charge in [-0.15, -0.1) is 0 Å². The molecule has 0 amide bonds. The predicted molar refractivity (Wildman–Crippen MR) is 92.0 cm³/mol. The second-order valence-electron chi connectivity index (χ2n) is 6.10. The Morgan fingerprint density at radius 3 is 2.79 bits per heavy atom.